The molecular weight excluding hydrogens is 264 g/mol. The molecule has 0 atom stereocenters. The number of nitrogens with zero attached hydrogens (tertiary/aromatic N) is 2. The summed E-state index contributed by atoms with van der Waals surface area (Å²) in [5.41, 5.74) is 0.972. The van der Waals surface area contributed by atoms with E-state index in [0.717, 1.165) is 36.8 Å². The number of hydrogen-bond donors (Lipinski definition) is 0. The maximum atomic E-state index is 11.1. The Hall–Kier alpha value is -1.14. The van der Waals surface area contributed by atoms with E-state index in [0.29, 0.717) is 18.9 Å². The second-order valence-corrected chi connectivity index (χ2v) is 5.46. The summed E-state index contributed by atoms with van der Waals surface area (Å²) in [7, 11) is 3.18. The van der Waals surface area contributed by atoms with Gasteiger partial charge in [-0.1, -0.05) is 0 Å². The fraction of sp³-hybridized carbons (Fsp3) is 0.692. The van der Waals surface area contributed by atoms with E-state index in [1.807, 2.05) is 5.38 Å². The van der Waals surface area contributed by atoms with Crippen LogP contribution in [0.5, 0.6) is 0 Å². The Morgan fingerprint density at radius 2 is 2.21 bits per heavy atom. The van der Waals surface area contributed by atoms with Gasteiger partial charge in [-0.2, -0.15) is 0 Å². The van der Waals surface area contributed by atoms with Crippen molar-refractivity contribution in [2.24, 2.45) is 0 Å². The molecule has 0 unspecified atom stereocenters. The molecule has 0 aliphatic carbocycles. The molecule has 0 saturated carbocycles. The van der Waals surface area contributed by atoms with Crippen LogP contribution in [0.3, 0.4) is 0 Å². The van der Waals surface area contributed by atoms with Gasteiger partial charge in [0.1, 0.15) is 0 Å². The normalized spacial score (nSPS) is 16.6. The predicted molar refractivity (Wildman–Crippen MR) is 74.7 cm³/mol. The van der Waals surface area contributed by atoms with Crippen molar-refractivity contribution in [3.63, 3.8) is 0 Å². The second-order valence-electron chi connectivity index (χ2n) is 4.62. The number of carbonyl (C=O) groups is 1. The summed E-state index contributed by atoms with van der Waals surface area (Å²) in [6, 6.07) is 0. The molecule has 1 aliphatic rings. The fourth-order valence-corrected chi connectivity index (χ4v) is 3.08. The van der Waals surface area contributed by atoms with Crippen LogP contribution in [-0.4, -0.2) is 44.4 Å². The van der Waals surface area contributed by atoms with Crippen LogP contribution in [0.15, 0.2) is 5.38 Å². The molecule has 0 amide bonds. The molecular formula is C13H20N2O3S. The minimum Gasteiger partial charge on any atom is -0.469 e. The maximum absolute atomic E-state index is 11.1. The highest BCUT2D eigenvalue weighted by molar-refractivity contribution is 7.13. The summed E-state index contributed by atoms with van der Waals surface area (Å²) < 4.78 is 9.99. The first-order chi connectivity index (χ1) is 9.22. The van der Waals surface area contributed by atoms with Gasteiger partial charge in [0.15, 0.2) is 5.13 Å². The Morgan fingerprint density at radius 1 is 1.47 bits per heavy atom. The molecule has 0 aromatic carbocycles. The van der Waals surface area contributed by atoms with E-state index in [1.54, 1.807) is 18.4 Å². The molecule has 5 nitrogen and oxygen atoms in total. The molecule has 2 heterocycles. The van der Waals surface area contributed by atoms with Gasteiger partial charge < -0.3 is 14.4 Å². The number of aryl methyl sites for hydroxylation is 1. The Kier molecular flexibility index (Phi) is 5.15. The topological polar surface area (TPSA) is 51.7 Å². The number of esters is 1. The number of carbonyl (C=O) groups excluding carboxylic acids is 1. The lowest BCUT2D eigenvalue weighted by Gasteiger charge is -2.30. The Balaban J connectivity index is 1.85. The van der Waals surface area contributed by atoms with Gasteiger partial charge in [0, 0.05) is 32.0 Å². The fourth-order valence-electron chi connectivity index (χ4n) is 2.17. The van der Waals surface area contributed by atoms with Crippen molar-refractivity contribution in [1.29, 1.82) is 0 Å². The van der Waals surface area contributed by atoms with E-state index < -0.39 is 0 Å². The first-order valence-corrected chi connectivity index (χ1v) is 7.40. The zero-order chi connectivity index (χ0) is 13.7. The Morgan fingerprint density at radius 3 is 2.84 bits per heavy atom. The molecule has 0 radical (unpaired) electrons. The Labute approximate surface area is 117 Å². The maximum Gasteiger partial charge on any atom is 0.305 e. The number of hydrogen-bond acceptors (Lipinski definition) is 6. The summed E-state index contributed by atoms with van der Waals surface area (Å²) in [4.78, 5) is 18.0. The molecule has 0 spiro atoms. The molecule has 106 valence electrons. The molecule has 0 N–H and O–H groups in total. The lowest BCUT2D eigenvalue weighted by Crippen LogP contribution is -2.36. The molecule has 6 heteroatoms. The SMILES string of the molecule is COC(=O)CCc1csc(N2CCC(OC)CC2)n1. The quantitative estimate of drug-likeness (QED) is 0.773. The van der Waals surface area contributed by atoms with Crippen LogP contribution >= 0.6 is 11.3 Å². The van der Waals surface area contributed by atoms with Gasteiger partial charge in [-0.15, -0.1) is 11.3 Å². The number of methoxy groups -OCH3 is 2. The van der Waals surface area contributed by atoms with Crippen molar-refractivity contribution in [1.82, 2.24) is 4.98 Å². The van der Waals surface area contributed by atoms with E-state index >= 15 is 0 Å². The highest BCUT2D eigenvalue weighted by Crippen LogP contribution is 2.25. The van der Waals surface area contributed by atoms with Crippen molar-refractivity contribution in [2.45, 2.75) is 31.8 Å². The smallest absolute Gasteiger partial charge is 0.305 e. The van der Waals surface area contributed by atoms with Crippen molar-refractivity contribution >= 4 is 22.4 Å². The monoisotopic (exact) mass is 284 g/mol. The van der Waals surface area contributed by atoms with Crippen LogP contribution in [0.4, 0.5) is 5.13 Å². The van der Waals surface area contributed by atoms with Crippen molar-refractivity contribution < 1.29 is 14.3 Å². The second kappa shape index (κ2) is 6.86. The number of piperidine rings is 1. The van der Waals surface area contributed by atoms with Crippen LogP contribution in [0, 0.1) is 0 Å². The van der Waals surface area contributed by atoms with Gasteiger partial charge in [0.25, 0.3) is 0 Å². The molecule has 1 aromatic rings. The molecule has 2 rings (SSSR count). The van der Waals surface area contributed by atoms with E-state index in [-0.39, 0.29) is 5.97 Å². The average Bonchev–Trinajstić information content (AvgIpc) is 2.93. The third-order valence-corrected chi connectivity index (χ3v) is 4.35. The summed E-state index contributed by atoms with van der Waals surface area (Å²) in [5.74, 6) is -0.185. The highest BCUT2D eigenvalue weighted by Gasteiger charge is 2.20. The first kappa shape index (κ1) is 14.3. The van der Waals surface area contributed by atoms with Gasteiger partial charge in [0.2, 0.25) is 0 Å². The summed E-state index contributed by atoms with van der Waals surface area (Å²) in [5, 5.41) is 3.08. The van der Waals surface area contributed by atoms with Gasteiger partial charge in [0.05, 0.1) is 25.3 Å². The molecule has 1 saturated heterocycles. The third kappa shape index (κ3) is 3.91. The van der Waals surface area contributed by atoms with E-state index in [1.165, 1.54) is 7.11 Å². The third-order valence-electron chi connectivity index (χ3n) is 3.40. The van der Waals surface area contributed by atoms with Crippen LogP contribution in [-0.2, 0) is 20.7 Å². The van der Waals surface area contributed by atoms with Gasteiger partial charge in [-0.25, -0.2) is 4.98 Å². The Bertz CT molecular complexity index is 414. The van der Waals surface area contributed by atoms with Gasteiger partial charge >= 0.3 is 5.97 Å². The summed E-state index contributed by atoms with van der Waals surface area (Å²) in [6.07, 6.45) is 3.53. The minimum atomic E-state index is -0.185. The van der Waals surface area contributed by atoms with E-state index in [9.17, 15) is 4.79 Å². The van der Waals surface area contributed by atoms with Crippen LogP contribution in [0.25, 0.3) is 0 Å². The number of ether oxygens (including phenoxy) is 2. The van der Waals surface area contributed by atoms with Crippen molar-refractivity contribution in [2.75, 3.05) is 32.2 Å². The zero-order valence-electron chi connectivity index (χ0n) is 11.4. The molecule has 19 heavy (non-hydrogen) atoms. The summed E-state index contributed by atoms with van der Waals surface area (Å²) >= 11 is 1.65. The number of rotatable bonds is 5. The molecule has 1 aliphatic heterocycles. The van der Waals surface area contributed by atoms with Crippen LogP contribution in [0.1, 0.15) is 25.0 Å². The van der Waals surface area contributed by atoms with Gasteiger partial charge in [-0.3, -0.25) is 4.79 Å². The first-order valence-electron chi connectivity index (χ1n) is 6.52. The van der Waals surface area contributed by atoms with Crippen LogP contribution < -0.4 is 4.90 Å². The summed E-state index contributed by atoms with van der Waals surface area (Å²) in [6.45, 7) is 1.98. The average molecular weight is 284 g/mol. The zero-order valence-corrected chi connectivity index (χ0v) is 12.2. The number of thiazole rings is 1. The largest absolute Gasteiger partial charge is 0.469 e. The number of anilines is 1. The lowest BCUT2D eigenvalue weighted by molar-refractivity contribution is -0.140. The lowest BCUT2D eigenvalue weighted by atomic mass is 10.1. The number of aromatic nitrogens is 1. The molecule has 1 fully saturated rings. The minimum absolute atomic E-state index is 0.185. The van der Waals surface area contributed by atoms with E-state index in [2.05, 4.69) is 14.6 Å². The standard InChI is InChI=1S/C13H20N2O3S/c1-17-11-5-7-15(8-6-11)13-14-10(9-19-13)3-4-12(16)18-2/h9,11H,3-8H2,1-2H3. The van der Waals surface area contributed by atoms with Crippen molar-refractivity contribution in [3.8, 4) is 0 Å². The van der Waals surface area contributed by atoms with Crippen molar-refractivity contribution in [3.05, 3.63) is 11.1 Å². The predicted octanol–water partition coefficient (Wildman–Crippen LogP) is 1.86. The van der Waals surface area contributed by atoms with E-state index in [4.69, 9.17) is 4.74 Å². The van der Waals surface area contributed by atoms with Crippen LogP contribution in [0.2, 0.25) is 0 Å². The highest BCUT2D eigenvalue weighted by atomic mass is 32.1. The van der Waals surface area contributed by atoms with Gasteiger partial charge in [-0.05, 0) is 12.8 Å². The molecule has 1 aromatic heterocycles. The molecule has 0 bridgehead atoms.